The van der Waals surface area contributed by atoms with Crippen molar-refractivity contribution in [1.82, 2.24) is 0 Å². The van der Waals surface area contributed by atoms with E-state index in [9.17, 15) is 19.0 Å². The molecule has 0 rings (SSSR count). The quantitative estimate of drug-likeness (QED) is 0.0211. The van der Waals surface area contributed by atoms with Gasteiger partial charge in [0.15, 0.2) is 6.10 Å². The fraction of sp³-hybridized carbons (Fsp3) is 0.855. The molecule has 0 bridgehead atoms. The second-order valence-electron chi connectivity index (χ2n) is 19.6. The van der Waals surface area contributed by atoms with Gasteiger partial charge in [-0.25, -0.2) is 4.57 Å². The molecule has 0 radical (unpaired) electrons. The van der Waals surface area contributed by atoms with Crippen molar-refractivity contribution in [2.24, 2.45) is 0 Å². The zero-order valence-corrected chi connectivity index (χ0v) is 44.1. The number of esters is 2. The molecule has 0 aromatic carbocycles. The molecular formula is C55H105NO8P+. The average molecular weight is 939 g/mol. The molecule has 0 aromatic rings. The highest BCUT2D eigenvalue weighted by Crippen LogP contribution is 2.43. The number of phosphoric acid groups is 1. The summed E-state index contributed by atoms with van der Waals surface area (Å²) in [6.07, 6.45) is 56.4. The van der Waals surface area contributed by atoms with Gasteiger partial charge < -0.3 is 18.9 Å². The van der Waals surface area contributed by atoms with Gasteiger partial charge in [0.1, 0.15) is 19.8 Å². The van der Waals surface area contributed by atoms with Crippen LogP contribution >= 0.6 is 7.82 Å². The van der Waals surface area contributed by atoms with E-state index in [4.69, 9.17) is 18.5 Å². The molecule has 0 aliphatic heterocycles. The summed E-state index contributed by atoms with van der Waals surface area (Å²) in [5.74, 6) is -0.806. The van der Waals surface area contributed by atoms with E-state index in [1.807, 2.05) is 21.1 Å². The predicted molar refractivity (Wildman–Crippen MR) is 275 cm³/mol. The first-order valence-electron chi connectivity index (χ1n) is 27.2. The fourth-order valence-electron chi connectivity index (χ4n) is 7.62. The Balaban J connectivity index is 4.10. The summed E-state index contributed by atoms with van der Waals surface area (Å²) >= 11 is 0. The third-order valence-electron chi connectivity index (χ3n) is 11.9. The summed E-state index contributed by atoms with van der Waals surface area (Å²) in [5.41, 5.74) is 0. The number of nitrogens with zero attached hydrogens (tertiary/aromatic N) is 1. The van der Waals surface area contributed by atoms with E-state index in [2.05, 4.69) is 50.3 Å². The first-order chi connectivity index (χ1) is 31.5. The number of quaternary nitrogens is 1. The van der Waals surface area contributed by atoms with E-state index in [0.29, 0.717) is 17.4 Å². The van der Waals surface area contributed by atoms with Crippen molar-refractivity contribution in [3.63, 3.8) is 0 Å². The molecule has 0 aliphatic carbocycles. The van der Waals surface area contributed by atoms with Crippen LogP contribution in [0.15, 0.2) is 36.5 Å². The van der Waals surface area contributed by atoms with Crippen LogP contribution in [0.5, 0.6) is 0 Å². The minimum atomic E-state index is -4.38. The van der Waals surface area contributed by atoms with Crippen molar-refractivity contribution in [1.29, 1.82) is 0 Å². The summed E-state index contributed by atoms with van der Waals surface area (Å²) in [5, 5.41) is 0. The Morgan fingerprint density at radius 1 is 0.477 bits per heavy atom. The molecule has 0 heterocycles. The SMILES string of the molecule is CCCC/C=C\C/C=C\CCCCCCCC(=O)OC(COC(=O)CCCCCCCCCCCCCCCCC/C=C\CCCCCCCCCC)COP(=O)(O)OCC[N+](C)(C)C. The van der Waals surface area contributed by atoms with E-state index >= 15 is 0 Å². The largest absolute Gasteiger partial charge is 0.472 e. The number of unbranched alkanes of at least 4 members (excludes halogenated alkanes) is 30. The smallest absolute Gasteiger partial charge is 0.462 e. The van der Waals surface area contributed by atoms with Crippen molar-refractivity contribution in [3.05, 3.63) is 36.5 Å². The lowest BCUT2D eigenvalue weighted by atomic mass is 10.0. The molecule has 1 N–H and O–H groups in total. The minimum Gasteiger partial charge on any atom is -0.462 e. The molecule has 0 aliphatic rings. The molecule has 0 spiro atoms. The van der Waals surface area contributed by atoms with Crippen molar-refractivity contribution < 1.29 is 42.1 Å². The topological polar surface area (TPSA) is 108 Å². The van der Waals surface area contributed by atoms with Crippen LogP contribution in [0.1, 0.15) is 251 Å². The lowest BCUT2D eigenvalue weighted by Crippen LogP contribution is -2.37. The highest BCUT2D eigenvalue weighted by Gasteiger charge is 2.27. The number of carbonyl (C=O) groups is 2. The number of likely N-dealkylation sites (N-methyl/N-ethyl adjacent to an activating group) is 1. The first kappa shape index (κ1) is 63.2. The maximum atomic E-state index is 12.7. The van der Waals surface area contributed by atoms with Crippen LogP contribution in [0, 0.1) is 0 Å². The monoisotopic (exact) mass is 939 g/mol. The fourth-order valence-corrected chi connectivity index (χ4v) is 8.36. The van der Waals surface area contributed by atoms with Gasteiger partial charge in [-0.05, 0) is 64.2 Å². The van der Waals surface area contributed by atoms with Crippen molar-refractivity contribution in [3.8, 4) is 0 Å². The summed E-state index contributed by atoms with van der Waals surface area (Å²) in [6, 6.07) is 0. The van der Waals surface area contributed by atoms with Gasteiger partial charge in [0, 0.05) is 12.8 Å². The summed E-state index contributed by atoms with van der Waals surface area (Å²) in [6.45, 7) is 4.40. The number of hydrogen-bond acceptors (Lipinski definition) is 7. The molecule has 9 nitrogen and oxygen atoms in total. The van der Waals surface area contributed by atoms with Crippen LogP contribution in [0.4, 0.5) is 0 Å². The predicted octanol–water partition coefficient (Wildman–Crippen LogP) is 16.4. The molecule has 0 fully saturated rings. The number of carbonyl (C=O) groups excluding carboxylic acids is 2. The second-order valence-corrected chi connectivity index (χ2v) is 21.1. The lowest BCUT2D eigenvalue weighted by molar-refractivity contribution is -0.870. The third kappa shape index (κ3) is 51.5. The zero-order chi connectivity index (χ0) is 47.8. The van der Waals surface area contributed by atoms with Crippen molar-refractivity contribution >= 4 is 19.8 Å². The van der Waals surface area contributed by atoms with Gasteiger partial charge in [0.25, 0.3) is 0 Å². The van der Waals surface area contributed by atoms with Gasteiger partial charge in [-0.3, -0.25) is 18.6 Å². The molecule has 0 aromatic heterocycles. The van der Waals surface area contributed by atoms with Crippen LogP contribution in [0.2, 0.25) is 0 Å². The molecule has 10 heteroatoms. The molecule has 2 unspecified atom stereocenters. The number of allylic oxidation sites excluding steroid dienone is 6. The molecule has 382 valence electrons. The van der Waals surface area contributed by atoms with E-state index in [1.54, 1.807) is 0 Å². The Labute approximate surface area is 401 Å². The van der Waals surface area contributed by atoms with Crippen LogP contribution in [0.3, 0.4) is 0 Å². The summed E-state index contributed by atoms with van der Waals surface area (Å²) in [4.78, 5) is 35.5. The van der Waals surface area contributed by atoms with Gasteiger partial charge in [-0.15, -0.1) is 0 Å². The third-order valence-corrected chi connectivity index (χ3v) is 12.9. The molecule has 2 atom stereocenters. The number of hydrogen-bond donors (Lipinski definition) is 1. The highest BCUT2D eigenvalue weighted by molar-refractivity contribution is 7.47. The van der Waals surface area contributed by atoms with Gasteiger partial charge in [-0.1, -0.05) is 211 Å². The van der Waals surface area contributed by atoms with Gasteiger partial charge in [-0.2, -0.15) is 0 Å². The Morgan fingerprint density at radius 3 is 1.28 bits per heavy atom. The van der Waals surface area contributed by atoms with E-state index in [1.165, 1.54) is 154 Å². The Kier molecular flexibility index (Phi) is 46.0. The van der Waals surface area contributed by atoms with Crippen LogP contribution in [-0.2, 0) is 32.7 Å². The van der Waals surface area contributed by atoms with Crippen LogP contribution in [-0.4, -0.2) is 74.9 Å². The lowest BCUT2D eigenvalue weighted by Gasteiger charge is -2.24. The Morgan fingerprint density at radius 2 is 0.846 bits per heavy atom. The Hall–Kier alpha value is -1.77. The average Bonchev–Trinajstić information content (AvgIpc) is 3.26. The van der Waals surface area contributed by atoms with E-state index in [0.717, 1.165) is 64.2 Å². The molecule has 0 saturated heterocycles. The first-order valence-corrected chi connectivity index (χ1v) is 28.7. The van der Waals surface area contributed by atoms with E-state index < -0.39 is 26.5 Å². The van der Waals surface area contributed by atoms with Gasteiger partial charge >= 0.3 is 19.8 Å². The second kappa shape index (κ2) is 47.3. The van der Waals surface area contributed by atoms with Gasteiger partial charge in [0.05, 0.1) is 27.7 Å². The van der Waals surface area contributed by atoms with Crippen LogP contribution in [0.25, 0.3) is 0 Å². The molecular weight excluding hydrogens is 834 g/mol. The number of ether oxygens (including phenoxy) is 2. The minimum absolute atomic E-state index is 0.0296. The van der Waals surface area contributed by atoms with Gasteiger partial charge in [0.2, 0.25) is 0 Å². The molecule has 0 saturated carbocycles. The summed E-state index contributed by atoms with van der Waals surface area (Å²) in [7, 11) is 1.47. The normalized spacial score (nSPS) is 13.6. The zero-order valence-electron chi connectivity index (χ0n) is 43.2. The molecule has 65 heavy (non-hydrogen) atoms. The summed E-state index contributed by atoms with van der Waals surface area (Å²) < 4.78 is 34.4. The maximum Gasteiger partial charge on any atom is 0.472 e. The Bertz CT molecular complexity index is 1200. The number of phosphoric ester groups is 1. The van der Waals surface area contributed by atoms with Crippen molar-refractivity contribution in [2.75, 3.05) is 47.5 Å². The number of rotatable bonds is 50. The van der Waals surface area contributed by atoms with Crippen LogP contribution < -0.4 is 0 Å². The highest BCUT2D eigenvalue weighted by atomic mass is 31.2. The molecule has 0 amide bonds. The van der Waals surface area contributed by atoms with Crippen molar-refractivity contribution in [2.45, 2.75) is 258 Å². The maximum absolute atomic E-state index is 12.7. The standard InChI is InChI=1S/C55H104NO8P/c1-6-8-10-12-14-16-18-20-22-23-24-25-26-27-28-29-30-31-32-33-34-36-37-39-41-43-45-47-54(57)61-51-53(52-63-65(59,60)62-50-49-56(3,4)5)64-55(58)48-46-44-42-40-38-35-21-19-17-15-13-11-9-7-2/h13,15,19,21,23-24,53H,6-12,14,16-18,20,22,25-52H2,1-5H3/p+1/b15-13-,21-19-,24-23-. The van der Waals surface area contributed by atoms with E-state index in [-0.39, 0.29) is 32.0 Å².